The molecule has 0 atom stereocenters. The first-order valence-corrected chi connectivity index (χ1v) is 4.12. The van der Waals surface area contributed by atoms with Gasteiger partial charge in [0.2, 0.25) is 5.91 Å². The molecule has 0 saturated carbocycles. The first-order valence-electron chi connectivity index (χ1n) is 3.74. The summed E-state index contributed by atoms with van der Waals surface area (Å²) >= 11 is 5.74. The molecule has 4 heteroatoms. The number of methoxy groups -OCH3 is 1. The SMILES string of the molecule is COc1cc(Cl)ccc1CC(N)=O. The van der Waals surface area contributed by atoms with E-state index in [1.807, 2.05) is 0 Å². The lowest BCUT2D eigenvalue weighted by atomic mass is 10.1. The highest BCUT2D eigenvalue weighted by Gasteiger charge is 2.05. The number of carbonyl (C=O) groups is 1. The Morgan fingerprint density at radius 3 is 2.85 bits per heavy atom. The van der Waals surface area contributed by atoms with E-state index in [-0.39, 0.29) is 12.3 Å². The van der Waals surface area contributed by atoms with Crippen LogP contribution in [0.25, 0.3) is 0 Å². The number of nitrogens with two attached hydrogens (primary N) is 1. The molecule has 0 aromatic heterocycles. The minimum atomic E-state index is -0.388. The minimum Gasteiger partial charge on any atom is -0.496 e. The van der Waals surface area contributed by atoms with Crippen molar-refractivity contribution in [2.45, 2.75) is 6.42 Å². The van der Waals surface area contributed by atoms with Crippen molar-refractivity contribution in [2.24, 2.45) is 5.73 Å². The van der Waals surface area contributed by atoms with Crippen LogP contribution in [0.2, 0.25) is 5.02 Å². The van der Waals surface area contributed by atoms with Crippen molar-refractivity contribution in [1.82, 2.24) is 0 Å². The Morgan fingerprint density at radius 2 is 2.31 bits per heavy atom. The van der Waals surface area contributed by atoms with Crippen molar-refractivity contribution >= 4 is 17.5 Å². The molecule has 0 fully saturated rings. The average molecular weight is 200 g/mol. The van der Waals surface area contributed by atoms with E-state index in [0.717, 1.165) is 5.56 Å². The number of ether oxygens (including phenoxy) is 1. The molecule has 1 rings (SSSR count). The maximum absolute atomic E-state index is 10.7. The fourth-order valence-electron chi connectivity index (χ4n) is 1.05. The van der Waals surface area contributed by atoms with Crippen molar-refractivity contribution in [3.8, 4) is 5.75 Å². The van der Waals surface area contributed by atoms with Crippen molar-refractivity contribution in [3.63, 3.8) is 0 Å². The molecule has 0 saturated heterocycles. The Hall–Kier alpha value is -1.22. The number of carbonyl (C=O) groups excluding carboxylic acids is 1. The molecular formula is C9H10ClNO2. The lowest BCUT2D eigenvalue weighted by Gasteiger charge is -2.06. The van der Waals surface area contributed by atoms with Gasteiger partial charge in [-0.05, 0) is 12.1 Å². The number of hydrogen-bond acceptors (Lipinski definition) is 2. The van der Waals surface area contributed by atoms with Crippen molar-refractivity contribution in [3.05, 3.63) is 28.8 Å². The van der Waals surface area contributed by atoms with Gasteiger partial charge in [-0.1, -0.05) is 17.7 Å². The Morgan fingerprint density at radius 1 is 1.62 bits per heavy atom. The number of amides is 1. The van der Waals surface area contributed by atoms with Gasteiger partial charge in [0.25, 0.3) is 0 Å². The maximum Gasteiger partial charge on any atom is 0.221 e. The normalized spacial score (nSPS) is 9.69. The molecule has 0 aliphatic heterocycles. The van der Waals surface area contributed by atoms with Gasteiger partial charge in [0.15, 0.2) is 0 Å². The summed E-state index contributed by atoms with van der Waals surface area (Å²) in [6, 6.07) is 5.08. The zero-order valence-corrected chi connectivity index (χ0v) is 7.97. The van der Waals surface area contributed by atoms with Crippen LogP contribution in [0.15, 0.2) is 18.2 Å². The average Bonchev–Trinajstić information content (AvgIpc) is 2.07. The monoisotopic (exact) mass is 199 g/mol. The van der Waals surface area contributed by atoms with Crippen LogP contribution in [0.5, 0.6) is 5.75 Å². The molecule has 0 aliphatic rings. The second-order valence-corrected chi connectivity index (χ2v) is 3.04. The topological polar surface area (TPSA) is 52.3 Å². The molecule has 0 aliphatic carbocycles. The molecule has 0 radical (unpaired) electrons. The molecule has 13 heavy (non-hydrogen) atoms. The van der Waals surface area contributed by atoms with Crippen LogP contribution in [-0.4, -0.2) is 13.0 Å². The molecule has 3 nitrogen and oxygen atoms in total. The van der Waals surface area contributed by atoms with E-state index in [9.17, 15) is 4.79 Å². The maximum atomic E-state index is 10.7. The largest absolute Gasteiger partial charge is 0.496 e. The molecule has 70 valence electrons. The smallest absolute Gasteiger partial charge is 0.221 e. The van der Waals surface area contributed by atoms with Crippen molar-refractivity contribution < 1.29 is 9.53 Å². The van der Waals surface area contributed by atoms with Crippen LogP contribution in [0, 0.1) is 0 Å². The Balaban J connectivity index is 2.99. The third kappa shape index (κ3) is 2.63. The standard InChI is InChI=1S/C9H10ClNO2/c1-13-8-5-7(10)3-2-6(8)4-9(11)12/h2-3,5H,4H2,1H3,(H2,11,12). The Bertz CT molecular complexity index is 325. The van der Waals surface area contributed by atoms with E-state index < -0.39 is 0 Å². The van der Waals surface area contributed by atoms with E-state index in [2.05, 4.69) is 0 Å². The molecule has 1 aromatic carbocycles. The molecule has 1 amide bonds. The highest BCUT2D eigenvalue weighted by Crippen LogP contribution is 2.23. The quantitative estimate of drug-likeness (QED) is 0.800. The summed E-state index contributed by atoms with van der Waals surface area (Å²) in [6.07, 6.45) is 0.167. The highest BCUT2D eigenvalue weighted by molar-refractivity contribution is 6.30. The van der Waals surface area contributed by atoms with E-state index in [4.69, 9.17) is 22.1 Å². The van der Waals surface area contributed by atoms with Gasteiger partial charge in [-0.15, -0.1) is 0 Å². The lowest BCUT2D eigenvalue weighted by Crippen LogP contribution is -2.14. The minimum absolute atomic E-state index is 0.167. The molecule has 0 bridgehead atoms. The first-order chi connectivity index (χ1) is 6.13. The number of benzene rings is 1. The molecule has 0 heterocycles. The Kier molecular flexibility index (Phi) is 3.14. The molecule has 0 unspecified atom stereocenters. The van der Waals surface area contributed by atoms with Crippen LogP contribution in [0.4, 0.5) is 0 Å². The summed E-state index contributed by atoms with van der Waals surface area (Å²) in [5.74, 6) is 0.201. The van der Waals surface area contributed by atoms with E-state index in [1.54, 1.807) is 18.2 Å². The van der Waals surface area contributed by atoms with Crippen LogP contribution in [0.1, 0.15) is 5.56 Å². The second kappa shape index (κ2) is 4.14. The van der Waals surface area contributed by atoms with Crippen LogP contribution >= 0.6 is 11.6 Å². The second-order valence-electron chi connectivity index (χ2n) is 2.60. The van der Waals surface area contributed by atoms with Gasteiger partial charge < -0.3 is 10.5 Å². The summed E-state index contributed by atoms with van der Waals surface area (Å²) in [5.41, 5.74) is 5.81. The van der Waals surface area contributed by atoms with Gasteiger partial charge >= 0.3 is 0 Å². The third-order valence-corrected chi connectivity index (χ3v) is 1.85. The van der Waals surface area contributed by atoms with E-state index in [0.29, 0.717) is 10.8 Å². The van der Waals surface area contributed by atoms with Gasteiger partial charge in [0.1, 0.15) is 5.75 Å². The van der Waals surface area contributed by atoms with Crippen LogP contribution in [-0.2, 0) is 11.2 Å². The summed E-state index contributed by atoms with van der Waals surface area (Å²) in [4.78, 5) is 10.7. The van der Waals surface area contributed by atoms with Gasteiger partial charge in [-0.3, -0.25) is 4.79 Å². The molecule has 0 spiro atoms. The third-order valence-electron chi connectivity index (χ3n) is 1.61. The van der Waals surface area contributed by atoms with Gasteiger partial charge in [-0.2, -0.15) is 0 Å². The van der Waals surface area contributed by atoms with E-state index in [1.165, 1.54) is 7.11 Å². The molecule has 1 aromatic rings. The predicted molar refractivity (Wildman–Crippen MR) is 50.9 cm³/mol. The summed E-state index contributed by atoms with van der Waals surface area (Å²) < 4.78 is 5.03. The number of primary amides is 1. The zero-order chi connectivity index (χ0) is 9.84. The predicted octanol–water partition coefficient (Wildman–Crippen LogP) is 1.38. The van der Waals surface area contributed by atoms with Crippen LogP contribution < -0.4 is 10.5 Å². The molecule has 2 N–H and O–H groups in total. The fraction of sp³-hybridized carbons (Fsp3) is 0.222. The van der Waals surface area contributed by atoms with E-state index >= 15 is 0 Å². The van der Waals surface area contributed by atoms with Crippen molar-refractivity contribution in [1.29, 1.82) is 0 Å². The lowest BCUT2D eigenvalue weighted by molar-refractivity contribution is -0.117. The van der Waals surface area contributed by atoms with Crippen LogP contribution in [0.3, 0.4) is 0 Å². The highest BCUT2D eigenvalue weighted by atomic mass is 35.5. The van der Waals surface area contributed by atoms with Crippen molar-refractivity contribution in [2.75, 3.05) is 7.11 Å². The summed E-state index contributed by atoms with van der Waals surface area (Å²) in [7, 11) is 1.52. The van der Waals surface area contributed by atoms with Gasteiger partial charge in [-0.25, -0.2) is 0 Å². The number of rotatable bonds is 3. The first kappa shape index (κ1) is 9.86. The fourth-order valence-corrected chi connectivity index (χ4v) is 1.21. The van der Waals surface area contributed by atoms with Gasteiger partial charge in [0.05, 0.1) is 13.5 Å². The zero-order valence-electron chi connectivity index (χ0n) is 7.21. The Labute approximate surface area is 81.4 Å². The number of hydrogen-bond donors (Lipinski definition) is 1. The summed E-state index contributed by atoms with van der Waals surface area (Å²) in [6.45, 7) is 0. The summed E-state index contributed by atoms with van der Waals surface area (Å²) in [5, 5.41) is 0.574. The molecular weight excluding hydrogens is 190 g/mol. The van der Waals surface area contributed by atoms with Gasteiger partial charge in [0, 0.05) is 10.6 Å². The number of halogens is 1.